The number of imidazole rings is 1. The minimum atomic E-state index is -3.68. The van der Waals surface area contributed by atoms with E-state index in [0.29, 0.717) is 11.4 Å². The van der Waals surface area contributed by atoms with Gasteiger partial charge in [-0.1, -0.05) is 0 Å². The second kappa shape index (κ2) is 4.42. The number of anilines is 1. The minimum Gasteiger partial charge on any atom is -0.381 e. The Morgan fingerprint density at radius 3 is 2.78 bits per heavy atom. The van der Waals surface area contributed by atoms with E-state index in [2.05, 4.69) is 19.8 Å². The highest BCUT2D eigenvalue weighted by molar-refractivity contribution is 7.89. The zero-order valence-electron chi connectivity index (χ0n) is 10.0. The van der Waals surface area contributed by atoms with Crippen molar-refractivity contribution >= 4 is 15.8 Å². The Bertz CT molecular complexity index is 643. The first-order valence-electron chi connectivity index (χ1n) is 5.18. The van der Waals surface area contributed by atoms with Crippen molar-refractivity contribution in [1.29, 1.82) is 0 Å². The number of aromatic amines is 1. The molecule has 0 fully saturated rings. The van der Waals surface area contributed by atoms with Gasteiger partial charge < -0.3 is 10.7 Å². The first kappa shape index (κ1) is 12.6. The third-order valence-corrected chi connectivity index (χ3v) is 4.15. The summed E-state index contributed by atoms with van der Waals surface area (Å²) in [7, 11) is -2.04. The summed E-state index contributed by atoms with van der Waals surface area (Å²) >= 11 is 0. The molecule has 2 aromatic rings. The summed E-state index contributed by atoms with van der Waals surface area (Å²) in [4.78, 5) is 6.63. The normalized spacial score (nSPS) is 11.9. The molecule has 2 aromatic heterocycles. The van der Waals surface area contributed by atoms with Crippen LogP contribution in [0.25, 0.3) is 0 Å². The van der Waals surface area contributed by atoms with Crippen molar-refractivity contribution in [3.05, 3.63) is 23.9 Å². The van der Waals surface area contributed by atoms with Crippen molar-refractivity contribution in [3.63, 3.8) is 0 Å². The van der Waals surface area contributed by atoms with Gasteiger partial charge in [-0.15, -0.1) is 0 Å². The molecule has 0 saturated carbocycles. The molecule has 0 aliphatic rings. The molecule has 0 bridgehead atoms. The van der Waals surface area contributed by atoms with Crippen molar-refractivity contribution in [1.82, 2.24) is 24.5 Å². The number of nitrogens with two attached hydrogens (primary N) is 1. The van der Waals surface area contributed by atoms with Gasteiger partial charge >= 0.3 is 0 Å². The predicted molar refractivity (Wildman–Crippen MR) is 65.0 cm³/mol. The Morgan fingerprint density at radius 2 is 2.28 bits per heavy atom. The Labute approximate surface area is 104 Å². The van der Waals surface area contributed by atoms with E-state index in [1.165, 1.54) is 11.0 Å². The summed E-state index contributed by atoms with van der Waals surface area (Å²) in [5.74, 6) is -0.00730. The van der Waals surface area contributed by atoms with Crippen LogP contribution in [0.4, 0.5) is 5.82 Å². The van der Waals surface area contributed by atoms with E-state index >= 15 is 0 Å². The summed E-state index contributed by atoms with van der Waals surface area (Å²) in [6.45, 7) is 1.77. The predicted octanol–water partition coefficient (Wildman–Crippen LogP) is -0.488. The molecular weight excluding hydrogens is 256 g/mol. The average molecular weight is 270 g/mol. The molecule has 0 aliphatic carbocycles. The maximum atomic E-state index is 12.1. The molecule has 0 radical (unpaired) electrons. The van der Waals surface area contributed by atoms with E-state index in [9.17, 15) is 8.42 Å². The lowest BCUT2D eigenvalue weighted by atomic mass is 10.5. The lowest BCUT2D eigenvalue weighted by molar-refractivity contribution is 0.580. The van der Waals surface area contributed by atoms with Crippen LogP contribution in [0.1, 0.15) is 11.4 Å². The number of rotatable bonds is 4. The van der Waals surface area contributed by atoms with Crippen LogP contribution in [0.5, 0.6) is 0 Å². The topological polar surface area (TPSA) is 119 Å². The smallest absolute Gasteiger partial charge is 0.246 e. The van der Waals surface area contributed by atoms with Crippen LogP contribution in [0, 0.1) is 6.92 Å². The largest absolute Gasteiger partial charge is 0.381 e. The summed E-state index contributed by atoms with van der Waals surface area (Å²) in [6.07, 6.45) is 3.02. The van der Waals surface area contributed by atoms with Gasteiger partial charge in [0.2, 0.25) is 10.0 Å². The quantitative estimate of drug-likeness (QED) is 0.693. The standard InChI is InChI=1S/C9H14N6O2S/c1-6-8(9(10)14-15(6)2)18(16,17)13-4-7-3-11-5-12-7/h3,5,13H,4H2,1-2H3,(H2,10,14)(H,11,12). The van der Waals surface area contributed by atoms with Gasteiger partial charge in [-0.25, -0.2) is 18.1 Å². The number of aromatic nitrogens is 4. The highest BCUT2D eigenvalue weighted by atomic mass is 32.2. The molecule has 0 spiro atoms. The van der Waals surface area contributed by atoms with Gasteiger partial charge in [-0.3, -0.25) is 4.68 Å². The molecule has 2 heterocycles. The number of nitrogens with one attached hydrogen (secondary N) is 2. The van der Waals surface area contributed by atoms with E-state index in [0.717, 1.165) is 0 Å². The summed E-state index contributed by atoms with van der Waals surface area (Å²) in [5.41, 5.74) is 6.76. The molecule has 0 unspecified atom stereocenters. The van der Waals surface area contributed by atoms with Gasteiger partial charge in [-0.05, 0) is 6.92 Å². The molecule has 9 heteroatoms. The molecule has 2 rings (SSSR count). The van der Waals surface area contributed by atoms with Gasteiger partial charge in [0.05, 0.1) is 18.6 Å². The molecule has 8 nitrogen and oxygen atoms in total. The summed E-state index contributed by atoms with van der Waals surface area (Å²) in [5, 5.41) is 3.88. The fourth-order valence-electron chi connectivity index (χ4n) is 1.57. The second-order valence-corrected chi connectivity index (χ2v) is 5.53. The van der Waals surface area contributed by atoms with Crippen LogP contribution in [0.2, 0.25) is 0 Å². The number of hydrogen-bond donors (Lipinski definition) is 3. The van der Waals surface area contributed by atoms with E-state index in [1.54, 1.807) is 20.2 Å². The monoisotopic (exact) mass is 270 g/mol. The minimum absolute atomic E-state index is 0.00730. The van der Waals surface area contributed by atoms with Gasteiger partial charge in [-0.2, -0.15) is 5.10 Å². The van der Waals surface area contributed by atoms with Crippen molar-refractivity contribution in [2.24, 2.45) is 7.05 Å². The van der Waals surface area contributed by atoms with Gasteiger partial charge in [0.15, 0.2) is 5.82 Å². The van der Waals surface area contributed by atoms with E-state index < -0.39 is 10.0 Å². The Kier molecular flexibility index (Phi) is 3.09. The number of hydrogen-bond acceptors (Lipinski definition) is 5. The molecule has 0 amide bonds. The zero-order chi connectivity index (χ0) is 13.3. The van der Waals surface area contributed by atoms with Crippen molar-refractivity contribution < 1.29 is 8.42 Å². The fourth-order valence-corrected chi connectivity index (χ4v) is 2.90. The summed E-state index contributed by atoms with van der Waals surface area (Å²) in [6, 6.07) is 0. The Balaban J connectivity index is 2.26. The van der Waals surface area contributed by atoms with Crippen molar-refractivity contribution in [3.8, 4) is 0 Å². The highest BCUT2D eigenvalue weighted by Gasteiger charge is 2.24. The fraction of sp³-hybridized carbons (Fsp3) is 0.333. The molecule has 0 saturated heterocycles. The first-order chi connectivity index (χ1) is 8.42. The van der Waals surface area contributed by atoms with Crippen LogP contribution < -0.4 is 10.5 Å². The van der Waals surface area contributed by atoms with Crippen LogP contribution in [0.3, 0.4) is 0 Å². The molecule has 18 heavy (non-hydrogen) atoms. The molecule has 4 N–H and O–H groups in total. The third-order valence-electron chi connectivity index (χ3n) is 2.58. The maximum Gasteiger partial charge on any atom is 0.246 e. The number of sulfonamides is 1. The number of nitrogen functional groups attached to an aromatic ring is 1. The molecular formula is C9H14N6O2S. The van der Waals surface area contributed by atoms with E-state index in [-0.39, 0.29) is 17.3 Å². The lowest BCUT2D eigenvalue weighted by Crippen LogP contribution is -2.24. The SMILES string of the molecule is Cc1c(S(=O)(=O)NCc2cnc[nH]2)c(N)nn1C. The molecule has 0 aliphatic heterocycles. The zero-order valence-corrected chi connectivity index (χ0v) is 10.8. The number of aryl methyl sites for hydroxylation is 1. The van der Waals surface area contributed by atoms with E-state index in [1.807, 2.05) is 0 Å². The highest BCUT2D eigenvalue weighted by Crippen LogP contribution is 2.20. The van der Waals surface area contributed by atoms with E-state index in [4.69, 9.17) is 5.73 Å². The van der Waals surface area contributed by atoms with Gasteiger partial charge in [0.1, 0.15) is 4.90 Å². The average Bonchev–Trinajstić information content (AvgIpc) is 2.86. The van der Waals surface area contributed by atoms with Crippen LogP contribution >= 0.6 is 0 Å². The van der Waals surface area contributed by atoms with Crippen LogP contribution in [-0.4, -0.2) is 28.2 Å². The first-order valence-corrected chi connectivity index (χ1v) is 6.66. The van der Waals surface area contributed by atoms with Gasteiger partial charge in [0.25, 0.3) is 0 Å². The number of H-pyrrole nitrogens is 1. The molecule has 0 atom stereocenters. The summed E-state index contributed by atoms with van der Waals surface area (Å²) < 4.78 is 28.1. The molecule has 98 valence electrons. The van der Waals surface area contributed by atoms with Gasteiger partial charge in [0, 0.05) is 18.9 Å². The van der Waals surface area contributed by atoms with Crippen molar-refractivity contribution in [2.75, 3.05) is 5.73 Å². The lowest BCUT2D eigenvalue weighted by Gasteiger charge is -2.05. The second-order valence-electron chi connectivity index (χ2n) is 3.82. The molecule has 0 aromatic carbocycles. The Morgan fingerprint density at radius 1 is 1.56 bits per heavy atom. The number of nitrogens with zero attached hydrogens (tertiary/aromatic N) is 3. The Hall–Kier alpha value is -1.87. The van der Waals surface area contributed by atoms with Crippen molar-refractivity contribution in [2.45, 2.75) is 18.4 Å². The maximum absolute atomic E-state index is 12.1. The third kappa shape index (κ3) is 2.22. The van der Waals surface area contributed by atoms with Crippen LogP contribution in [0.15, 0.2) is 17.4 Å². The van der Waals surface area contributed by atoms with Crippen LogP contribution in [-0.2, 0) is 23.6 Å².